The zero-order valence-electron chi connectivity index (χ0n) is 18.3. The molecule has 1 N–H and O–H groups in total. The molecule has 1 fully saturated rings. The molecule has 2 aromatic carbocycles. The van der Waals surface area contributed by atoms with Crippen LogP contribution in [-0.2, 0) is 7.05 Å². The summed E-state index contributed by atoms with van der Waals surface area (Å²) < 4.78 is 1.61. The lowest BCUT2D eigenvalue weighted by atomic mass is 9.87. The number of aromatic nitrogens is 1. The molecule has 168 valence electrons. The fourth-order valence-electron chi connectivity index (χ4n) is 4.77. The van der Waals surface area contributed by atoms with Crippen LogP contribution in [0.2, 0.25) is 0 Å². The molecule has 0 unspecified atom stereocenters. The first-order valence-electron chi connectivity index (χ1n) is 10.9. The molecule has 7 heteroatoms. The summed E-state index contributed by atoms with van der Waals surface area (Å²) >= 11 is 2.95. The van der Waals surface area contributed by atoms with E-state index >= 15 is 0 Å². The molecule has 0 atom stereocenters. The number of pyridine rings is 1. The quantitative estimate of drug-likeness (QED) is 0.299. The molecule has 0 bridgehead atoms. The van der Waals surface area contributed by atoms with Gasteiger partial charge < -0.3 is 14.6 Å². The van der Waals surface area contributed by atoms with Crippen molar-refractivity contribution in [2.75, 3.05) is 17.2 Å². The number of benzene rings is 2. The summed E-state index contributed by atoms with van der Waals surface area (Å²) in [5, 5.41) is 15.2. The number of rotatable bonds is 3. The van der Waals surface area contributed by atoms with Gasteiger partial charge in [-0.3, -0.25) is 9.59 Å². The Balaban J connectivity index is 1.79. The number of hydrogen-bond donors (Lipinski definition) is 1. The molecule has 0 spiro atoms. The van der Waals surface area contributed by atoms with Gasteiger partial charge >= 0.3 is 0 Å². The first-order valence-corrected chi connectivity index (χ1v) is 12.8. The number of para-hydroxylation sites is 1. The number of ketones is 1. The lowest BCUT2D eigenvalue weighted by molar-refractivity contribution is 0.104. The third kappa shape index (κ3) is 3.01. The van der Waals surface area contributed by atoms with Crippen LogP contribution in [0.3, 0.4) is 0 Å². The van der Waals surface area contributed by atoms with Crippen LogP contribution in [0.1, 0.15) is 20.8 Å². The summed E-state index contributed by atoms with van der Waals surface area (Å²) in [7, 11) is 1.74. The molecule has 4 heterocycles. The number of allylic oxidation sites excluding steroid dienone is 2. The molecule has 0 radical (unpaired) electrons. The first kappa shape index (κ1) is 21.0. The molecule has 34 heavy (non-hydrogen) atoms. The number of Topliss-reactive ketones (excluding diaryl/α,β-unsaturated/α-hetero) is 1. The van der Waals surface area contributed by atoms with Crippen LogP contribution in [0.25, 0.3) is 22.2 Å². The Bertz CT molecular complexity index is 1580. The van der Waals surface area contributed by atoms with Crippen LogP contribution in [0.5, 0.6) is 0 Å². The SMILES string of the molecule is Cn1c(=O)c2c(c3ccccc31)N1CCSC1=C(C(=O)c1cccs1)C2=C(O)c1ccccc1. The third-order valence-electron chi connectivity index (χ3n) is 6.31. The number of carbonyl (C=O) groups is 1. The van der Waals surface area contributed by atoms with E-state index in [0.717, 1.165) is 27.4 Å². The van der Waals surface area contributed by atoms with Gasteiger partial charge in [-0.1, -0.05) is 54.6 Å². The largest absolute Gasteiger partial charge is 0.507 e. The highest BCUT2D eigenvalue weighted by Crippen LogP contribution is 2.51. The molecule has 6 rings (SSSR count). The van der Waals surface area contributed by atoms with Gasteiger partial charge in [0.05, 0.1) is 32.2 Å². The number of thioether (sulfide) groups is 1. The zero-order chi connectivity index (χ0) is 23.4. The predicted molar refractivity (Wildman–Crippen MR) is 141 cm³/mol. The highest BCUT2D eigenvalue weighted by atomic mass is 32.2. The average molecular weight is 485 g/mol. The second-order valence-corrected chi connectivity index (χ2v) is 10.2. The lowest BCUT2D eigenvalue weighted by Gasteiger charge is -2.33. The molecule has 0 saturated carbocycles. The van der Waals surface area contributed by atoms with E-state index in [1.165, 1.54) is 11.3 Å². The van der Waals surface area contributed by atoms with Gasteiger partial charge in [0.25, 0.3) is 5.56 Å². The van der Waals surface area contributed by atoms with E-state index in [2.05, 4.69) is 4.90 Å². The Morgan fingerprint density at radius 1 is 1.00 bits per heavy atom. The smallest absolute Gasteiger partial charge is 0.260 e. The number of anilines is 1. The van der Waals surface area contributed by atoms with Crippen molar-refractivity contribution < 1.29 is 9.90 Å². The van der Waals surface area contributed by atoms with Crippen molar-refractivity contribution in [2.24, 2.45) is 7.05 Å². The molecule has 0 amide bonds. The lowest BCUT2D eigenvalue weighted by Crippen LogP contribution is -2.33. The van der Waals surface area contributed by atoms with Gasteiger partial charge in [0, 0.05) is 35.9 Å². The number of thiophene rings is 1. The minimum Gasteiger partial charge on any atom is -0.507 e. The summed E-state index contributed by atoms with van der Waals surface area (Å²) in [6.07, 6.45) is 0. The summed E-state index contributed by atoms with van der Waals surface area (Å²) in [5.41, 5.74) is 2.98. The van der Waals surface area contributed by atoms with Gasteiger partial charge in [-0.05, 0) is 17.5 Å². The van der Waals surface area contributed by atoms with E-state index in [-0.39, 0.29) is 17.1 Å². The van der Waals surface area contributed by atoms with Crippen molar-refractivity contribution in [3.8, 4) is 0 Å². The number of hydrogen-bond acceptors (Lipinski definition) is 6. The monoisotopic (exact) mass is 484 g/mol. The van der Waals surface area contributed by atoms with Crippen LogP contribution in [0.4, 0.5) is 5.69 Å². The van der Waals surface area contributed by atoms with Gasteiger partial charge in [0.15, 0.2) is 0 Å². The standard InChI is InChI=1S/C27H20N2O3S2/c1-28-18-11-6-5-10-17(18)23-21(26(28)32)20(24(30)16-8-3-2-4-9-16)22(27-29(23)13-15-34-27)25(31)19-12-7-14-33-19/h2-12,14,30H,13,15H2,1H3. The van der Waals surface area contributed by atoms with Crippen molar-refractivity contribution in [2.45, 2.75) is 0 Å². The summed E-state index contributed by atoms with van der Waals surface area (Å²) in [6.45, 7) is 0.685. The number of nitrogens with zero attached hydrogens (tertiary/aromatic N) is 2. The molecule has 2 aliphatic heterocycles. The number of aliphatic hydroxyl groups is 1. The van der Waals surface area contributed by atoms with Crippen molar-refractivity contribution in [1.29, 1.82) is 0 Å². The summed E-state index contributed by atoms with van der Waals surface area (Å²) in [4.78, 5) is 30.4. The average Bonchev–Trinajstić information content (AvgIpc) is 3.58. The normalized spacial score (nSPS) is 16.6. The second kappa shape index (κ2) is 8.04. The Kier molecular flexibility index (Phi) is 4.97. The molecule has 5 nitrogen and oxygen atoms in total. The van der Waals surface area contributed by atoms with Crippen LogP contribution in [-0.4, -0.2) is 27.8 Å². The highest BCUT2D eigenvalue weighted by molar-refractivity contribution is 8.03. The van der Waals surface area contributed by atoms with Gasteiger partial charge in [-0.15, -0.1) is 23.1 Å². The fraction of sp³-hybridized carbons (Fsp3) is 0.111. The Hall–Kier alpha value is -3.55. The van der Waals surface area contributed by atoms with Crippen LogP contribution in [0, 0.1) is 0 Å². The number of aliphatic hydroxyl groups excluding tert-OH is 1. The van der Waals surface area contributed by atoms with E-state index in [4.69, 9.17) is 0 Å². The maximum absolute atomic E-state index is 13.9. The maximum atomic E-state index is 13.9. The molecular weight excluding hydrogens is 464 g/mol. The molecule has 4 aromatic rings. The van der Waals surface area contributed by atoms with Crippen molar-refractivity contribution in [1.82, 2.24) is 4.57 Å². The van der Waals surface area contributed by atoms with Crippen LogP contribution >= 0.6 is 23.1 Å². The summed E-state index contributed by atoms with van der Waals surface area (Å²) in [6, 6.07) is 20.5. The Morgan fingerprint density at radius 2 is 1.76 bits per heavy atom. The predicted octanol–water partition coefficient (Wildman–Crippen LogP) is 5.69. The van der Waals surface area contributed by atoms with Crippen molar-refractivity contribution in [3.05, 3.63) is 109 Å². The van der Waals surface area contributed by atoms with Crippen molar-refractivity contribution in [3.63, 3.8) is 0 Å². The number of aryl methyl sites for hydroxylation is 1. The van der Waals surface area contributed by atoms with E-state index < -0.39 is 0 Å². The minimum absolute atomic E-state index is 0.0613. The molecule has 2 aliphatic rings. The Morgan fingerprint density at radius 3 is 2.53 bits per heavy atom. The fourth-order valence-corrected chi connectivity index (χ4v) is 6.58. The van der Waals surface area contributed by atoms with Gasteiger partial charge in [-0.2, -0.15) is 0 Å². The third-order valence-corrected chi connectivity index (χ3v) is 8.27. The topological polar surface area (TPSA) is 62.5 Å². The maximum Gasteiger partial charge on any atom is 0.260 e. The van der Waals surface area contributed by atoms with Crippen LogP contribution in [0.15, 0.2) is 87.5 Å². The van der Waals surface area contributed by atoms with Crippen LogP contribution < -0.4 is 10.5 Å². The molecule has 2 aromatic heterocycles. The van der Waals surface area contributed by atoms with E-state index in [0.29, 0.717) is 33.7 Å². The number of carbonyl (C=O) groups excluding carboxylic acids is 1. The summed E-state index contributed by atoms with van der Waals surface area (Å²) in [5.74, 6) is 0.551. The molecular formula is C27H20N2O3S2. The van der Waals surface area contributed by atoms with Crippen molar-refractivity contribution >= 4 is 56.8 Å². The number of fused-ring (bicyclic) bond motifs is 5. The van der Waals surface area contributed by atoms with Gasteiger partial charge in [0.2, 0.25) is 5.78 Å². The Labute approximate surface area is 204 Å². The first-order chi connectivity index (χ1) is 16.6. The van der Waals surface area contributed by atoms with Gasteiger partial charge in [-0.25, -0.2) is 0 Å². The zero-order valence-corrected chi connectivity index (χ0v) is 20.0. The van der Waals surface area contributed by atoms with E-state index in [1.54, 1.807) is 41.6 Å². The molecule has 1 saturated heterocycles. The van der Waals surface area contributed by atoms with E-state index in [1.807, 2.05) is 53.9 Å². The van der Waals surface area contributed by atoms with E-state index in [9.17, 15) is 14.7 Å². The second-order valence-electron chi connectivity index (χ2n) is 8.18. The highest BCUT2D eigenvalue weighted by Gasteiger charge is 2.41. The molecule has 0 aliphatic carbocycles. The van der Waals surface area contributed by atoms with Gasteiger partial charge in [0.1, 0.15) is 5.76 Å². The minimum atomic E-state index is -0.237.